The van der Waals surface area contributed by atoms with Gasteiger partial charge in [-0.15, -0.1) is 0 Å². The molecule has 1 saturated carbocycles. The molecule has 0 spiro atoms. The van der Waals surface area contributed by atoms with E-state index in [9.17, 15) is 0 Å². The maximum atomic E-state index is 5.86. The van der Waals surface area contributed by atoms with Gasteiger partial charge in [0.25, 0.3) is 0 Å². The zero-order valence-corrected chi connectivity index (χ0v) is 12.2. The van der Waals surface area contributed by atoms with E-state index in [1.165, 1.54) is 24.1 Å². The van der Waals surface area contributed by atoms with Gasteiger partial charge in [0.05, 0.1) is 0 Å². The first-order chi connectivity index (χ1) is 8.11. The summed E-state index contributed by atoms with van der Waals surface area (Å²) in [5.41, 5.74) is 8.43. The van der Waals surface area contributed by atoms with Crippen LogP contribution in [0.4, 0.5) is 5.69 Å². The Kier molecular flexibility index (Phi) is 4.10. The molecular formula is C14H21BrN2. The van der Waals surface area contributed by atoms with Gasteiger partial charge >= 0.3 is 0 Å². The number of benzene rings is 1. The summed E-state index contributed by atoms with van der Waals surface area (Å²) in [7, 11) is 0. The third kappa shape index (κ3) is 3.23. The van der Waals surface area contributed by atoms with Gasteiger partial charge in [0.15, 0.2) is 0 Å². The van der Waals surface area contributed by atoms with E-state index in [1.54, 1.807) is 0 Å². The molecule has 0 aliphatic heterocycles. The van der Waals surface area contributed by atoms with Gasteiger partial charge in [0.2, 0.25) is 0 Å². The maximum absolute atomic E-state index is 5.86. The van der Waals surface area contributed by atoms with Crippen LogP contribution >= 0.6 is 15.9 Å². The molecule has 0 heterocycles. The quantitative estimate of drug-likeness (QED) is 0.901. The van der Waals surface area contributed by atoms with E-state index in [0.29, 0.717) is 12.5 Å². The summed E-state index contributed by atoms with van der Waals surface area (Å²) in [5.74, 6) is 0.685. The summed E-state index contributed by atoms with van der Waals surface area (Å²) in [6.07, 6.45) is 2.65. The van der Waals surface area contributed by atoms with Crippen molar-refractivity contribution in [2.75, 3.05) is 11.4 Å². The van der Waals surface area contributed by atoms with E-state index in [2.05, 4.69) is 52.9 Å². The predicted octanol–water partition coefficient (Wildman–Crippen LogP) is 3.53. The molecule has 2 nitrogen and oxygen atoms in total. The Labute approximate surface area is 112 Å². The lowest BCUT2D eigenvalue weighted by Crippen LogP contribution is -2.31. The molecule has 0 unspecified atom stereocenters. The highest BCUT2D eigenvalue weighted by molar-refractivity contribution is 9.10. The van der Waals surface area contributed by atoms with Crippen molar-refractivity contribution in [2.45, 2.75) is 39.3 Å². The Morgan fingerprint density at radius 2 is 2.12 bits per heavy atom. The standard InChI is InChI=1S/C14H21BrN2/c1-10(2)9-17(13-4-5-13)14-6-3-12(15)7-11(14)8-16/h3,6-7,10,13H,4-5,8-9,16H2,1-2H3. The van der Waals surface area contributed by atoms with Gasteiger partial charge in [-0.25, -0.2) is 0 Å². The SMILES string of the molecule is CC(C)CN(c1ccc(Br)cc1CN)C1CC1. The van der Waals surface area contributed by atoms with Crippen LogP contribution in [0.5, 0.6) is 0 Å². The molecule has 94 valence electrons. The van der Waals surface area contributed by atoms with Gasteiger partial charge in [-0.2, -0.15) is 0 Å². The van der Waals surface area contributed by atoms with Crippen LogP contribution in [-0.2, 0) is 6.54 Å². The van der Waals surface area contributed by atoms with Crippen LogP contribution in [0, 0.1) is 5.92 Å². The van der Waals surface area contributed by atoms with Crippen molar-refractivity contribution in [3.63, 3.8) is 0 Å². The smallest absolute Gasteiger partial charge is 0.0415 e. The van der Waals surface area contributed by atoms with Gasteiger partial charge in [-0.1, -0.05) is 29.8 Å². The fourth-order valence-corrected chi connectivity index (χ4v) is 2.63. The zero-order chi connectivity index (χ0) is 12.4. The van der Waals surface area contributed by atoms with Crippen molar-refractivity contribution in [3.8, 4) is 0 Å². The highest BCUT2D eigenvalue weighted by Gasteiger charge is 2.30. The Morgan fingerprint density at radius 1 is 1.41 bits per heavy atom. The minimum Gasteiger partial charge on any atom is -0.368 e. The molecule has 0 amide bonds. The van der Waals surface area contributed by atoms with Crippen LogP contribution in [0.25, 0.3) is 0 Å². The lowest BCUT2D eigenvalue weighted by atomic mass is 10.1. The highest BCUT2D eigenvalue weighted by Crippen LogP contribution is 2.35. The summed E-state index contributed by atoms with van der Waals surface area (Å²) in [5, 5.41) is 0. The van der Waals surface area contributed by atoms with Crippen LogP contribution in [-0.4, -0.2) is 12.6 Å². The van der Waals surface area contributed by atoms with E-state index in [0.717, 1.165) is 17.1 Å². The highest BCUT2D eigenvalue weighted by atomic mass is 79.9. The number of nitrogens with zero attached hydrogens (tertiary/aromatic N) is 1. The molecule has 1 aromatic carbocycles. The lowest BCUT2D eigenvalue weighted by Gasteiger charge is -2.28. The zero-order valence-electron chi connectivity index (χ0n) is 10.6. The van der Waals surface area contributed by atoms with Gasteiger partial charge in [0, 0.05) is 29.3 Å². The summed E-state index contributed by atoms with van der Waals surface area (Å²) in [4.78, 5) is 2.54. The van der Waals surface area contributed by atoms with E-state index in [1.807, 2.05) is 0 Å². The number of anilines is 1. The molecule has 2 rings (SSSR count). The molecule has 17 heavy (non-hydrogen) atoms. The van der Waals surface area contributed by atoms with Crippen LogP contribution in [0.1, 0.15) is 32.3 Å². The summed E-state index contributed by atoms with van der Waals surface area (Å²) >= 11 is 3.52. The molecule has 0 saturated heterocycles. The molecule has 0 bridgehead atoms. The van der Waals surface area contributed by atoms with Gasteiger partial charge < -0.3 is 10.6 Å². The second-order valence-electron chi connectivity index (χ2n) is 5.25. The van der Waals surface area contributed by atoms with Gasteiger partial charge in [-0.3, -0.25) is 0 Å². The van der Waals surface area contributed by atoms with Crippen molar-refractivity contribution in [1.82, 2.24) is 0 Å². The molecule has 1 aliphatic carbocycles. The Bertz CT molecular complexity index is 386. The third-order valence-electron chi connectivity index (χ3n) is 3.12. The maximum Gasteiger partial charge on any atom is 0.0415 e. The fourth-order valence-electron chi connectivity index (χ4n) is 2.22. The number of hydrogen-bond acceptors (Lipinski definition) is 2. The molecule has 0 atom stereocenters. The fraction of sp³-hybridized carbons (Fsp3) is 0.571. The Hall–Kier alpha value is -0.540. The second-order valence-corrected chi connectivity index (χ2v) is 6.17. The van der Waals surface area contributed by atoms with E-state index < -0.39 is 0 Å². The van der Waals surface area contributed by atoms with Crippen molar-refractivity contribution < 1.29 is 0 Å². The van der Waals surface area contributed by atoms with Crippen LogP contribution in [0.2, 0.25) is 0 Å². The molecule has 2 N–H and O–H groups in total. The number of halogens is 1. The van der Waals surface area contributed by atoms with Gasteiger partial charge in [0.1, 0.15) is 0 Å². The molecular weight excluding hydrogens is 276 g/mol. The number of hydrogen-bond donors (Lipinski definition) is 1. The largest absolute Gasteiger partial charge is 0.368 e. The van der Waals surface area contributed by atoms with E-state index >= 15 is 0 Å². The van der Waals surface area contributed by atoms with E-state index in [-0.39, 0.29) is 0 Å². The second kappa shape index (κ2) is 5.40. The first kappa shape index (κ1) is 12.9. The molecule has 3 heteroatoms. The molecule has 0 aromatic heterocycles. The number of nitrogens with two attached hydrogens (primary N) is 1. The van der Waals surface area contributed by atoms with Crippen molar-refractivity contribution in [2.24, 2.45) is 11.7 Å². The Balaban J connectivity index is 2.28. The monoisotopic (exact) mass is 296 g/mol. The topological polar surface area (TPSA) is 29.3 Å². The van der Waals surface area contributed by atoms with E-state index in [4.69, 9.17) is 5.73 Å². The average Bonchev–Trinajstić information content (AvgIpc) is 3.09. The van der Waals surface area contributed by atoms with Crippen molar-refractivity contribution >= 4 is 21.6 Å². The number of rotatable bonds is 5. The average molecular weight is 297 g/mol. The molecule has 1 aliphatic rings. The van der Waals surface area contributed by atoms with Gasteiger partial charge in [-0.05, 0) is 42.5 Å². The first-order valence-electron chi connectivity index (χ1n) is 6.37. The summed E-state index contributed by atoms with van der Waals surface area (Å²) in [6.45, 7) is 6.28. The summed E-state index contributed by atoms with van der Waals surface area (Å²) in [6, 6.07) is 7.20. The predicted molar refractivity (Wildman–Crippen MR) is 77.2 cm³/mol. The lowest BCUT2D eigenvalue weighted by molar-refractivity contribution is 0.605. The minimum absolute atomic E-state index is 0.607. The normalized spacial score (nSPS) is 15.4. The third-order valence-corrected chi connectivity index (χ3v) is 3.61. The Morgan fingerprint density at radius 3 is 2.65 bits per heavy atom. The minimum atomic E-state index is 0.607. The summed E-state index contributed by atoms with van der Waals surface area (Å²) < 4.78 is 1.11. The van der Waals surface area contributed by atoms with Crippen LogP contribution in [0.3, 0.4) is 0 Å². The van der Waals surface area contributed by atoms with Crippen LogP contribution in [0.15, 0.2) is 22.7 Å². The van der Waals surface area contributed by atoms with Crippen molar-refractivity contribution in [1.29, 1.82) is 0 Å². The molecule has 0 radical (unpaired) electrons. The molecule has 1 fully saturated rings. The molecule has 1 aromatic rings. The van der Waals surface area contributed by atoms with Crippen LogP contribution < -0.4 is 10.6 Å². The van der Waals surface area contributed by atoms with Crippen molar-refractivity contribution in [3.05, 3.63) is 28.2 Å². The first-order valence-corrected chi connectivity index (χ1v) is 7.16.